The highest BCUT2D eigenvalue weighted by molar-refractivity contribution is 7.98. The summed E-state index contributed by atoms with van der Waals surface area (Å²) in [6, 6.07) is 8.76. The number of tetrazole rings is 1. The molecule has 2 aromatic carbocycles. The van der Waals surface area contributed by atoms with Crippen molar-refractivity contribution >= 4 is 22.7 Å². The van der Waals surface area contributed by atoms with E-state index in [4.69, 9.17) is 0 Å². The molecule has 2 aromatic heterocycles. The second-order valence-corrected chi connectivity index (χ2v) is 7.64. The Labute approximate surface area is 172 Å². The predicted octanol–water partition coefficient (Wildman–Crippen LogP) is 3.83. The fourth-order valence-corrected chi connectivity index (χ4v) is 3.69. The van der Waals surface area contributed by atoms with Crippen LogP contribution in [0.5, 0.6) is 0 Å². The van der Waals surface area contributed by atoms with Gasteiger partial charge in [0.15, 0.2) is 0 Å². The summed E-state index contributed by atoms with van der Waals surface area (Å²) in [7, 11) is 0. The standard InChI is InChI=1S/C19H15F3N6OS/c1-10-3-4-11(2)15(7-10)28-18(25-26-27-28)30-9-16-23-14-8-12(19(20,21)22)5-6-13(14)17(29)24-16/h3-8H,9H2,1-2H3,(H,23,24,29). The van der Waals surface area contributed by atoms with Crippen molar-refractivity contribution in [1.29, 1.82) is 0 Å². The predicted molar refractivity (Wildman–Crippen MR) is 106 cm³/mol. The number of thioether (sulfide) groups is 1. The van der Waals surface area contributed by atoms with E-state index in [1.807, 2.05) is 32.0 Å². The number of rotatable bonds is 4. The normalized spacial score (nSPS) is 11.9. The Morgan fingerprint density at radius 2 is 1.93 bits per heavy atom. The molecule has 7 nitrogen and oxygen atoms in total. The summed E-state index contributed by atoms with van der Waals surface area (Å²) in [6.07, 6.45) is -4.51. The van der Waals surface area contributed by atoms with Crippen LogP contribution >= 0.6 is 11.8 Å². The quantitative estimate of drug-likeness (QED) is 0.493. The fraction of sp³-hybridized carbons (Fsp3) is 0.211. The molecule has 0 fully saturated rings. The third-order valence-electron chi connectivity index (χ3n) is 4.45. The molecule has 4 rings (SSSR count). The van der Waals surface area contributed by atoms with Crippen LogP contribution in [-0.2, 0) is 11.9 Å². The summed E-state index contributed by atoms with van der Waals surface area (Å²) < 4.78 is 40.5. The first-order valence-corrected chi connectivity index (χ1v) is 9.80. The Balaban J connectivity index is 1.64. The molecule has 0 saturated carbocycles. The lowest BCUT2D eigenvalue weighted by molar-refractivity contribution is -0.137. The Morgan fingerprint density at radius 3 is 2.70 bits per heavy atom. The molecule has 154 valence electrons. The van der Waals surface area contributed by atoms with E-state index in [2.05, 4.69) is 25.5 Å². The number of nitrogens with zero attached hydrogens (tertiary/aromatic N) is 5. The van der Waals surface area contributed by atoms with Gasteiger partial charge in [0.25, 0.3) is 5.56 Å². The monoisotopic (exact) mass is 432 g/mol. The summed E-state index contributed by atoms with van der Waals surface area (Å²) in [5, 5.41) is 12.3. The van der Waals surface area contributed by atoms with Crippen molar-refractivity contribution in [3.8, 4) is 5.69 Å². The van der Waals surface area contributed by atoms with Crippen LogP contribution in [0.15, 0.2) is 46.3 Å². The molecule has 0 spiro atoms. The van der Waals surface area contributed by atoms with Gasteiger partial charge in [0.2, 0.25) is 5.16 Å². The number of aromatic nitrogens is 6. The molecule has 0 amide bonds. The van der Waals surface area contributed by atoms with E-state index in [9.17, 15) is 18.0 Å². The van der Waals surface area contributed by atoms with Crippen molar-refractivity contribution in [1.82, 2.24) is 30.2 Å². The molecule has 0 unspecified atom stereocenters. The fourth-order valence-electron chi connectivity index (χ4n) is 2.93. The first-order chi connectivity index (χ1) is 14.2. The van der Waals surface area contributed by atoms with E-state index in [0.717, 1.165) is 35.0 Å². The Kier molecular flexibility index (Phi) is 5.06. The first kappa shape index (κ1) is 20.1. The van der Waals surface area contributed by atoms with Crippen molar-refractivity contribution in [3.05, 3.63) is 69.3 Å². The number of hydrogen-bond donors (Lipinski definition) is 1. The van der Waals surface area contributed by atoms with Crippen LogP contribution in [0.2, 0.25) is 0 Å². The van der Waals surface area contributed by atoms with Gasteiger partial charge in [-0.3, -0.25) is 4.79 Å². The lowest BCUT2D eigenvalue weighted by Crippen LogP contribution is -2.13. The van der Waals surface area contributed by atoms with Gasteiger partial charge in [-0.15, -0.1) is 5.10 Å². The molecule has 0 aliphatic heterocycles. The van der Waals surface area contributed by atoms with Gasteiger partial charge in [-0.05, 0) is 59.7 Å². The molecular formula is C19H15F3N6OS. The third kappa shape index (κ3) is 3.92. The Morgan fingerprint density at radius 1 is 1.13 bits per heavy atom. The van der Waals surface area contributed by atoms with Crippen LogP contribution < -0.4 is 5.56 Å². The molecule has 0 saturated heterocycles. The van der Waals surface area contributed by atoms with E-state index in [1.54, 1.807) is 4.68 Å². The van der Waals surface area contributed by atoms with Gasteiger partial charge < -0.3 is 4.98 Å². The molecule has 1 N–H and O–H groups in total. The van der Waals surface area contributed by atoms with Gasteiger partial charge >= 0.3 is 6.18 Å². The number of fused-ring (bicyclic) bond motifs is 1. The smallest absolute Gasteiger partial charge is 0.309 e. The molecule has 0 aliphatic carbocycles. The summed E-state index contributed by atoms with van der Waals surface area (Å²) in [6.45, 7) is 3.89. The van der Waals surface area contributed by atoms with Crippen molar-refractivity contribution in [3.63, 3.8) is 0 Å². The van der Waals surface area contributed by atoms with Gasteiger partial charge in [0, 0.05) is 0 Å². The van der Waals surface area contributed by atoms with Crippen LogP contribution in [0.1, 0.15) is 22.5 Å². The van der Waals surface area contributed by atoms with Crippen LogP contribution in [0, 0.1) is 13.8 Å². The second kappa shape index (κ2) is 7.56. The number of benzene rings is 2. The van der Waals surface area contributed by atoms with Crippen molar-refractivity contribution in [2.75, 3.05) is 0 Å². The first-order valence-electron chi connectivity index (χ1n) is 8.81. The molecule has 4 aromatic rings. The highest BCUT2D eigenvalue weighted by atomic mass is 32.2. The molecule has 0 bridgehead atoms. The van der Waals surface area contributed by atoms with E-state index in [-0.39, 0.29) is 22.5 Å². The molecular weight excluding hydrogens is 417 g/mol. The minimum Gasteiger partial charge on any atom is -0.309 e. The van der Waals surface area contributed by atoms with Crippen molar-refractivity contribution < 1.29 is 13.2 Å². The lowest BCUT2D eigenvalue weighted by Gasteiger charge is -2.09. The average molecular weight is 432 g/mol. The summed E-state index contributed by atoms with van der Waals surface area (Å²) in [5.41, 5.74) is 1.47. The van der Waals surface area contributed by atoms with E-state index in [1.165, 1.54) is 11.8 Å². The maximum Gasteiger partial charge on any atom is 0.416 e. The second-order valence-electron chi connectivity index (χ2n) is 6.69. The van der Waals surface area contributed by atoms with Crippen LogP contribution in [-0.4, -0.2) is 30.2 Å². The summed E-state index contributed by atoms with van der Waals surface area (Å²) in [5.74, 6) is 0.402. The minimum atomic E-state index is -4.51. The maximum atomic E-state index is 13.0. The number of nitrogens with one attached hydrogen (secondary N) is 1. The Bertz CT molecular complexity index is 1300. The molecule has 2 heterocycles. The Hall–Kier alpha value is -3.21. The summed E-state index contributed by atoms with van der Waals surface area (Å²) >= 11 is 1.22. The van der Waals surface area contributed by atoms with Gasteiger partial charge in [0.05, 0.1) is 27.9 Å². The molecule has 30 heavy (non-hydrogen) atoms. The number of aromatic amines is 1. The number of aryl methyl sites for hydroxylation is 2. The molecule has 0 aliphatic rings. The van der Waals surface area contributed by atoms with Gasteiger partial charge in [-0.1, -0.05) is 23.9 Å². The number of hydrogen-bond acceptors (Lipinski definition) is 6. The molecule has 0 atom stereocenters. The van der Waals surface area contributed by atoms with Gasteiger partial charge in [-0.25, -0.2) is 4.98 Å². The van der Waals surface area contributed by atoms with Crippen LogP contribution in [0.25, 0.3) is 16.6 Å². The maximum absolute atomic E-state index is 13.0. The van der Waals surface area contributed by atoms with Gasteiger partial charge in [0.1, 0.15) is 5.82 Å². The summed E-state index contributed by atoms with van der Waals surface area (Å²) in [4.78, 5) is 19.1. The van der Waals surface area contributed by atoms with Crippen LogP contribution in [0.4, 0.5) is 13.2 Å². The average Bonchev–Trinajstić information content (AvgIpc) is 3.15. The van der Waals surface area contributed by atoms with E-state index < -0.39 is 17.3 Å². The van der Waals surface area contributed by atoms with Gasteiger partial charge in [-0.2, -0.15) is 17.9 Å². The van der Waals surface area contributed by atoms with E-state index >= 15 is 0 Å². The minimum absolute atomic E-state index is 0.0155. The largest absolute Gasteiger partial charge is 0.416 e. The number of H-pyrrole nitrogens is 1. The third-order valence-corrected chi connectivity index (χ3v) is 5.39. The van der Waals surface area contributed by atoms with E-state index in [0.29, 0.717) is 5.16 Å². The zero-order chi connectivity index (χ0) is 21.5. The topological polar surface area (TPSA) is 89.3 Å². The number of alkyl halides is 3. The molecule has 0 radical (unpaired) electrons. The highest BCUT2D eigenvalue weighted by Gasteiger charge is 2.30. The van der Waals surface area contributed by atoms with Crippen molar-refractivity contribution in [2.45, 2.75) is 30.9 Å². The van der Waals surface area contributed by atoms with Crippen LogP contribution in [0.3, 0.4) is 0 Å². The zero-order valence-corrected chi connectivity index (χ0v) is 16.7. The highest BCUT2D eigenvalue weighted by Crippen LogP contribution is 2.30. The number of halogens is 3. The zero-order valence-electron chi connectivity index (χ0n) is 15.9. The lowest BCUT2D eigenvalue weighted by atomic mass is 10.1. The van der Waals surface area contributed by atoms with Crippen molar-refractivity contribution in [2.24, 2.45) is 0 Å². The SMILES string of the molecule is Cc1ccc(C)c(-n2nnnc2SCc2nc3cc(C(F)(F)F)ccc3c(=O)[nH]2)c1. The molecule has 11 heteroatoms.